The third-order valence-electron chi connectivity index (χ3n) is 6.57. The molecule has 8 heteroatoms. The van der Waals surface area contributed by atoms with Crippen molar-refractivity contribution in [3.05, 3.63) is 66.5 Å². The van der Waals surface area contributed by atoms with Crippen LogP contribution in [0.3, 0.4) is 0 Å². The van der Waals surface area contributed by atoms with Crippen LogP contribution >= 0.6 is 0 Å². The summed E-state index contributed by atoms with van der Waals surface area (Å²) in [5.74, 6) is 1.62. The van der Waals surface area contributed by atoms with Crippen LogP contribution < -0.4 is 10.2 Å². The SMILES string of the molecule is Cc1nc(N2CCN(/C(=N\C#N)Nc3cccc4ncccc34)C(C(C)C)C2)nc2ccccc12. The molecule has 0 bridgehead atoms. The number of piperazine rings is 1. The molecule has 0 amide bonds. The number of hydrogen-bond acceptors (Lipinski definition) is 6. The molecule has 1 aliphatic heterocycles. The number of nitriles is 1. The largest absolute Gasteiger partial charge is 0.337 e. The lowest BCUT2D eigenvalue weighted by atomic mass is 10.00. The van der Waals surface area contributed by atoms with Gasteiger partial charge in [0.05, 0.1) is 28.5 Å². The first kappa shape index (κ1) is 22.5. The van der Waals surface area contributed by atoms with Crippen molar-refractivity contribution in [1.29, 1.82) is 5.26 Å². The Bertz CT molecular complexity index is 1430. The van der Waals surface area contributed by atoms with Gasteiger partial charge < -0.3 is 15.1 Å². The van der Waals surface area contributed by atoms with Gasteiger partial charge in [0.15, 0.2) is 0 Å². The molecule has 0 saturated carbocycles. The zero-order chi connectivity index (χ0) is 24.4. The highest BCUT2D eigenvalue weighted by Crippen LogP contribution is 2.26. The van der Waals surface area contributed by atoms with Gasteiger partial charge in [-0.15, -0.1) is 4.99 Å². The van der Waals surface area contributed by atoms with E-state index in [9.17, 15) is 5.26 Å². The van der Waals surface area contributed by atoms with E-state index in [2.05, 4.69) is 45.0 Å². The zero-order valence-electron chi connectivity index (χ0n) is 20.2. The van der Waals surface area contributed by atoms with E-state index in [1.54, 1.807) is 6.20 Å². The molecule has 5 rings (SSSR count). The van der Waals surface area contributed by atoms with Gasteiger partial charge in [-0.2, -0.15) is 5.26 Å². The van der Waals surface area contributed by atoms with Crippen LogP contribution in [0.4, 0.5) is 11.6 Å². The molecule has 0 radical (unpaired) electrons. The lowest BCUT2D eigenvalue weighted by Crippen LogP contribution is -2.59. The van der Waals surface area contributed by atoms with Crippen molar-refractivity contribution in [2.45, 2.75) is 26.8 Å². The Labute approximate surface area is 205 Å². The second-order valence-corrected chi connectivity index (χ2v) is 9.11. The average molecular weight is 465 g/mol. The Morgan fingerprint density at radius 3 is 2.66 bits per heavy atom. The number of anilines is 2. The molecule has 2 aromatic carbocycles. The Balaban J connectivity index is 1.44. The molecule has 1 unspecified atom stereocenters. The van der Waals surface area contributed by atoms with E-state index in [4.69, 9.17) is 9.97 Å². The molecule has 1 N–H and O–H groups in total. The van der Waals surface area contributed by atoms with Gasteiger partial charge in [-0.05, 0) is 43.2 Å². The number of fused-ring (bicyclic) bond motifs is 2. The second-order valence-electron chi connectivity index (χ2n) is 9.11. The van der Waals surface area contributed by atoms with Gasteiger partial charge in [0.25, 0.3) is 0 Å². The Morgan fingerprint density at radius 1 is 1.03 bits per heavy atom. The molecule has 1 saturated heterocycles. The highest BCUT2D eigenvalue weighted by Gasteiger charge is 2.33. The fourth-order valence-electron chi connectivity index (χ4n) is 4.73. The smallest absolute Gasteiger partial charge is 0.226 e. The fourth-order valence-corrected chi connectivity index (χ4v) is 4.73. The predicted molar refractivity (Wildman–Crippen MR) is 140 cm³/mol. The van der Waals surface area contributed by atoms with E-state index in [1.165, 1.54) is 0 Å². The highest BCUT2D eigenvalue weighted by atomic mass is 15.4. The Morgan fingerprint density at radius 2 is 1.83 bits per heavy atom. The highest BCUT2D eigenvalue weighted by molar-refractivity contribution is 6.02. The van der Waals surface area contributed by atoms with E-state index in [-0.39, 0.29) is 6.04 Å². The Kier molecular flexibility index (Phi) is 6.15. The summed E-state index contributed by atoms with van der Waals surface area (Å²) in [6.45, 7) is 8.57. The van der Waals surface area contributed by atoms with Gasteiger partial charge in [0.2, 0.25) is 18.1 Å². The van der Waals surface area contributed by atoms with Crippen molar-refractivity contribution in [1.82, 2.24) is 19.9 Å². The monoisotopic (exact) mass is 464 g/mol. The Hall–Kier alpha value is -4.25. The van der Waals surface area contributed by atoms with Gasteiger partial charge in [-0.25, -0.2) is 9.97 Å². The molecule has 1 atom stereocenters. The van der Waals surface area contributed by atoms with Crippen LogP contribution in [-0.2, 0) is 0 Å². The number of benzene rings is 2. The minimum atomic E-state index is 0.117. The lowest BCUT2D eigenvalue weighted by molar-refractivity contribution is 0.223. The van der Waals surface area contributed by atoms with Gasteiger partial charge in [-0.1, -0.05) is 38.1 Å². The van der Waals surface area contributed by atoms with Gasteiger partial charge in [-0.3, -0.25) is 4.98 Å². The summed E-state index contributed by atoms with van der Waals surface area (Å²) in [6.07, 6.45) is 3.77. The van der Waals surface area contributed by atoms with Crippen LogP contribution in [0.2, 0.25) is 0 Å². The summed E-state index contributed by atoms with van der Waals surface area (Å²) in [7, 11) is 0. The second kappa shape index (κ2) is 9.55. The van der Waals surface area contributed by atoms with E-state index in [0.29, 0.717) is 18.4 Å². The van der Waals surface area contributed by atoms with Crippen molar-refractivity contribution in [3.8, 4) is 6.19 Å². The molecular formula is C27H28N8. The van der Waals surface area contributed by atoms with Crippen LogP contribution in [0.25, 0.3) is 21.8 Å². The maximum atomic E-state index is 9.50. The van der Waals surface area contributed by atoms with Crippen LogP contribution in [0, 0.1) is 24.3 Å². The van der Waals surface area contributed by atoms with Gasteiger partial charge in [0.1, 0.15) is 0 Å². The van der Waals surface area contributed by atoms with Crippen LogP contribution in [-0.4, -0.2) is 51.5 Å². The van der Waals surface area contributed by atoms with Crippen molar-refractivity contribution >= 4 is 39.4 Å². The number of hydrogen-bond donors (Lipinski definition) is 1. The molecule has 3 heterocycles. The predicted octanol–water partition coefficient (Wildman–Crippen LogP) is 4.58. The summed E-state index contributed by atoms with van der Waals surface area (Å²) in [6, 6.07) is 18.1. The number of guanidine groups is 1. The number of aliphatic imine (C=N–C) groups is 1. The number of rotatable bonds is 3. The van der Waals surface area contributed by atoms with Gasteiger partial charge >= 0.3 is 0 Å². The summed E-state index contributed by atoms with van der Waals surface area (Å²) < 4.78 is 0. The first-order chi connectivity index (χ1) is 17.0. The van der Waals surface area contributed by atoms with E-state index in [1.807, 2.05) is 61.6 Å². The molecule has 0 aliphatic carbocycles. The summed E-state index contributed by atoms with van der Waals surface area (Å²) in [5, 5.41) is 15.0. The molecular weight excluding hydrogens is 436 g/mol. The maximum absolute atomic E-state index is 9.50. The van der Waals surface area contributed by atoms with Crippen LogP contribution in [0.15, 0.2) is 65.8 Å². The minimum Gasteiger partial charge on any atom is -0.337 e. The topological polar surface area (TPSA) is 93.3 Å². The van der Waals surface area contributed by atoms with Crippen LogP contribution in [0.1, 0.15) is 19.5 Å². The minimum absolute atomic E-state index is 0.117. The van der Waals surface area contributed by atoms with E-state index < -0.39 is 0 Å². The standard InChI is InChI=1S/C27H28N8/c1-18(2)25-16-34(27-31-19(3)20-8-4-5-10-23(20)33-27)14-15-35(25)26(30-17-28)32-24-12-6-11-22-21(24)9-7-13-29-22/h4-13,18,25H,14-16H2,1-3H3,(H,30,32). The molecule has 176 valence electrons. The number of pyridine rings is 1. The van der Waals surface area contributed by atoms with E-state index >= 15 is 0 Å². The van der Waals surface area contributed by atoms with Crippen molar-refractivity contribution < 1.29 is 0 Å². The molecule has 4 aromatic rings. The third kappa shape index (κ3) is 4.45. The fraction of sp³-hybridized carbons (Fsp3) is 0.296. The first-order valence-corrected chi connectivity index (χ1v) is 11.9. The number of nitrogens with zero attached hydrogens (tertiary/aromatic N) is 7. The van der Waals surface area contributed by atoms with Crippen molar-refractivity contribution in [2.24, 2.45) is 10.9 Å². The number of para-hydroxylation sites is 1. The average Bonchev–Trinajstić information content (AvgIpc) is 2.88. The normalized spacial score (nSPS) is 16.7. The molecule has 1 aliphatic rings. The number of aromatic nitrogens is 3. The van der Waals surface area contributed by atoms with Crippen molar-refractivity contribution in [3.63, 3.8) is 0 Å². The quantitative estimate of drug-likeness (QED) is 0.269. The molecule has 1 fully saturated rings. The summed E-state index contributed by atoms with van der Waals surface area (Å²) in [4.78, 5) is 22.8. The third-order valence-corrected chi connectivity index (χ3v) is 6.57. The zero-order valence-corrected chi connectivity index (χ0v) is 20.2. The summed E-state index contributed by atoms with van der Waals surface area (Å²) in [5.41, 5.74) is 3.70. The van der Waals surface area contributed by atoms with Crippen LogP contribution in [0.5, 0.6) is 0 Å². The summed E-state index contributed by atoms with van der Waals surface area (Å²) >= 11 is 0. The maximum Gasteiger partial charge on any atom is 0.226 e. The lowest BCUT2D eigenvalue weighted by Gasteiger charge is -2.44. The molecule has 8 nitrogen and oxygen atoms in total. The number of nitrogens with one attached hydrogen (secondary N) is 1. The first-order valence-electron chi connectivity index (χ1n) is 11.9. The molecule has 2 aromatic heterocycles. The molecule has 0 spiro atoms. The van der Waals surface area contributed by atoms with E-state index in [0.717, 1.165) is 52.2 Å². The van der Waals surface area contributed by atoms with Gasteiger partial charge in [0, 0.05) is 36.6 Å². The van der Waals surface area contributed by atoms with Crippen molar-refractivity contribution in [2.75, 3.05) is 29.9 Å². The number of aryl methyl sites for hydroxylation is 1. The molecule has 35 heavy (non-hydrogen) atoms.